The zero-order chi connectivity index (χ0) is 23.0. The number of nitro groups is 1. The second kappa shape index (κ2) is 10.8. The first-order chi connectivity index (χ1) is 14.8. The van der Waals surface area contributed by atoms with Gasteiger partial charge >= 0.3 is 11.7 Å². The van der Waals surface area contributed by atoms with Crippen LogP contribution < -0.4 is 19.5 Å². The van der Waals surface area contributed by atoms with Crippen molar-refractivity contribution >= 4 is 17.6 Å². The summed E-state index contributed by atoms with van der Waals surface area (Å²) < 4.78 is 20.7. The Morgan fingerprint density at radius 1 is 1.10 bits per heavy atom. The van der Waals surface area contributed by atoms with E-state index in [0.29, 0.717) is 17.1 Å². The highest BCUT2D eigenvalue weighted by Crippen LogP contribution is 2.30. The van der Waals surface area contributed by atoms with E-state index in [-0.39, 0.29) is 23.6 Å². The number of amides is 1. The van der Waals surface area contributed by atoms with Gasteiger partial charge in [-0.15, -0.1) is 0 Å². The quantitative estimate of drug-likeness (QED) is 0.345. The van der Waals surface area contributed by atoms with Gasteiger partial charge in [-0.25, -0.2) is 4.79 Å². The fourth-order valence-corrected chi connectivity index (χ4v) is 2.82. The smallest absolute Gasteiger partial charge is 0.338 e. The number of esters is 1. The molecule has 10 heteroatoms. The van der Waals surface area contributed by atoms with E-state index in [4.69, 9.17) is 18.9 Å². The second-order valence-corrected chi connectivity index (χ2v) is 6.35. The van der Waals surface area contributed by atoms with Gasteiger partial charge in [0, 0.05) is 11.6 Å². The molecule has 0 saturated carbocycles. The monoisotopic (exact) mass is 432 g/mol. The lowest BCUT2D eigenvalue weighted by Gasteiger charge is -2.18. The molecule has 1 N–H and O–H groups in total. The average molecular weight is 432 g/mol. The molecule has 31 heavy (non-hydrogen) atoms. The Morgan fingerprint density at radius 3 is 2.42 bits per heavy atom. The van der Waals surface area contributed by atoms with E-state index in [1.165, 1.54) is 26.4 Å². The zero-order valence-corrected chi connectivity index (χ0v) is 17.7. The molecule has 1 unspecified atom stereocenters. The SMILES string of the molecule is CCOc1ccc(C(=O)OCC(=O)NC(C)c2cc(OC)ccc2OC)cc1[N+](=O)[O-]. The van der Waals surface area contributed by atoms with Gasteiger partial charge in [0.1, 0.15) is 11.5 Å². The van der Waals surface area contributed by atoms with Crippen molar-refractivity contribution in [2.24, 2.45) is 0 Å². The van der Waals surface area contributed by atoms with Crippen LogP contribution in [0.3, 0.4) is 0 Å². The molecule has 2 aromatic carbocycles. The minimum absolute atomic E-state index is 0.0443. The molecule has 2 aromatic rings. The highest BCUT2D eigenvalue weighted by molar-refractivity contribution is 5.92. The number of carbonyl (C=O) groups excluding carboxylic acids is 2. The van der Waals surface area contributed by atoms with Gasteiger partial charge in [-0.1, -0.05) is 0 Å². The summed E-state index contributed by atoms with van der Waals surface area (Å²) in [5.74, 6) is -0.213. The lowest BCUT2D eigenvalue weighted by Crippen LogP contribution is -2.31. The Labute approximate surface area is 179 Å². The van der Waals surface area contributed by atoms with Crippen molar-refractivity contribution in [3.63, 3.8) is 0 Å². The second-order valence-electron chi connectivity index (χ2n) is 6.35. The van der Waals surface area contributed by atoms with Gasteiger partial charge in [0.15, 0.2) is 12.4 Å². The van der Waals surface area contributed by atoms with E-state index in [0.717, 1.165) is 6.07 Å². The van der Waals surface area contributed by atoms with Crippen molar-refractivity contribution < 1.29 is 33.5 Å². The molecule has 0 saturated heterocycles. The Bertz CT molecular complexity index is 960. The fraction of sp³-hybridized carbons (Fsp3) is 0.333. The third-order valence-electron chi connectivity index (χ3n) is 4.31. The molecule has 1 atom stereocenters. The van der Waals surface area contributed by atoms with Crippen LogP contribution in [0.15, 0.2) is 36.4 Å². The Hall–Kier alpha value is -3.82. The molecular formula is C21H24N2O8. The summed E-state index contributed by atoms with van der Waals surface area (Å²) in [7, 11) is 3.04. The number of carbonyl (C=O) groups is 2. The summed E-state index contributed by atoms with van der Waals surface area (Å²) in [5.41, 5.74) is 0.258. The first-order valence-corrected chi connectivity index (χ1v) is 9.40. The summed E-state index contributed by atoms with van der Waals surface area (Å²) >= 11 is 0. The summed E-state index contributed by atoms with van der Waals surface area (Å²) in [6.07, 6.45) is 0. The van der Waals surface area contributed by atoms with Crippen LogP contribution in [0.4, 0.5) is 5.69 Å². The van der Waals surface area contributed by atoms with Crippen LogP contribution in [-0.2, 0) is 9.53 Å². The van der Waals surface area contributed by atoms with E-state index in [1.807, 2.05) is 0 Å². The van der Waals surface area contributed by atoms with Gasteiger partial charge in [0.05, 0.1) is 37.4 Å². The van der Waals surface area contributed by atoms with Crippen LogP contribution in [-0.4, -0.2) is 44.2 Å². The molecule has 0 aliphatic heterocycles. The molecule has 0 aromatic heterocycles. The van der Waals surface area contributed by atoms with Crippen LogP contribution in [0.25, 0.3) is 0 Å². The van der Waals surface area contributed by atoms with Crippen molar-refractivity contribution in [3.8, 4) is 17.2 Å². The Morgan fingerprint density at radius 2 is 1.81 bits per heavy atom. The van der Waals surface area contributed by atoms with Crippen LogP contribution >= 0.6 is 0 Å². The third-order valence-corrected chi connectivity index (χ3v) is 4.31. The van der Waals surface area contributed by atoms with E-state index in [2.05, 4.69) is 5.32 Å². The lowest BCUT2D eigenvalue weighted by molar-refractivity contribution is -0.385. The van der Waals surface area contributed by atoms with E-state index in [9.17, 15) is 19.7 Å². The molecule has 0 fully saturated rings. The molecule has 0 aliphatic carbocycles. The molecule has 1 amide bonds. The number of nitrogens with zero attached hydrogens (tertiary/aromatic N) is 1. The summed E-state index contributed by atoms with van der Waals surface area (Å²) in [6.45, 7) is 3.11. The maximum atomic E-state index is 12.2. The standard InChI is InChI=1S/C21H24N2O8/c1-5-30-19-8-6-14(10-17(19)23(26)27)21(25)31-12-20(24)22-13(2)16-11-15(28-3)7-9-18(16)29-4/h6-11,13H,5,12H2,1-4H3,(H,22,24). The van der Waals surface area contributed by atoms with Gasteiger partial charge in [0.25, 0.3) is 5.91 Å². The number of hydrogen-bond acceptors (Lipinski definition) is 8. The molecule has 0 spiro atoms. The number of nitrogens with one attached hydrogen (secondary N) is 1. The Balaban J connectivity index is 2.02. The van der Waals surface area contributed by atoms with Crippen molar-refractivity contribution in [1.29, 1.82) is 0 Å². The van der Waals surface area contributed by atoms with Gasteiger partial charge < -0.3 is 24.3 Å². The van der Waals surface area contributed by atoms with Crippen molar-refractivity contribution in [2.75, 3.05) is 27.4 Å². The van der Waals surface area contributed by atoms with Crippen LogP contribution in [0.5, 0.6) is 17.2 Å². The van der Waals surface area contributed by atoms with Gasteiger partial charge in [-0.05, 0) is 44.2 Å². The molecular weight excluding hydrogens is 408 g/mol. The number of nitro benzene ring substituents is 1. The average Bonchev–Trinajstić information content (AvgIpc) is 2.77. The minimum Gasteiger partial charge on any atom is -0.497 e. The van der Waals surface area contributed by atoms with Crippen LogP contribution in [0.1, 0.15) is 35.8 Å². The van der Waals surface area contributed by atoms with Gasteiger partial charge in [-0.2, -0.15) is 0 Å². The topological polar surface area (TPSA) is 126 Å². The normalized spacial score (nSPS) is 11.2. The maximum Gasteiger partial charge on any atom is 0.338 e. The largest absolute Gasteiger partial charge is 0.497 e. The highest BCUT2D eigenvalue weighted by atomic mass is 16.6. The minimum atomic E-state index is -0.868. The molecule has 0 bridgehead atoms. The molecule has 0 radical (unpaired) electrons. The lowest BCUT2D eigenvalue weighted by atomic mass is 10.1. The zero-order valence-electron chi connectivity index (χ0n) is 17.7. The third kappa shape index (κ3) is 6.08. The summed E-state index contributed by atoms with van der Waals surface area (Å²) in [6, 6.07) is 8.42. The fourth-order valence-electron chi connectivity index (χ4n) is 2.82. The van der Waals surface area contributed by atoms with Gasteiger partial charge in [-0.3, -0.25) is 14.9 Å². The van der Waals surface area contributed by atoms with E-state index in [1.54, 1.807) is 32.0 Å². The van der Waals surface area contributed by atoms with Crippen molar-refractivity contribution in [2.45, 2.75) is 19.9 Å². The first-order valence-electron chi connectivity index (χ1n) is 9.40. The van der Waals surface area contributed by atoms with Crippen molar-refractivity contribution in [3.05, 3.63) is 57.6 Å². The molecule has 10 nitrogen and oxygen atoms in total. The van der Waals surface area contributed by atoms with Crippen LogP contribution in [0.2, 0.25) is 0 Å². The van der Waals surface area contributed by atoms with Crippen LogP contribution in [0, 0.1) is 10.1 Å². The number of rotatable bonds is 10. The van der Waals surface area contributed by atoms with Crippen molar-refractivity contribution in [1.82, 2.24) is 5.32 Å². The highest BCUT2D eigenvalue weighted by Gasteiger charge is 2.21. The molecule has 166 valence electrons. The molecule has 0 aliphatic rings. The van der Waals surface area contributed by atoms with E-state index >= 15 is 0 Å². The summed E-state index contributed by atoms with van der Waals surface area (Å²) in [4.78, 5) is 35.0. The molecule has 2 rings (SSSR count). The number of hydrogen-bond donors (Lipinski definition) is 1. The predicted molar refractivity (Wildman–Crippen MR) is 111 cm³/mol. The number of ether oxygens (including phenoxy) is 4. The number of methoxy groups -OCH3 is 2. The predicted octanol–water partition coefficient (Wildman–Crippen LogP) is 3.04. The number of benzene rings is 2. The van der Waals surface area contributed by atoms with Gasteiger partial charge in [0.2, 0.25) is 0 Å². The van der Waals surface area contributed by atoms with E-state index < -0.39 is 29.4 Å². The first kappa shape index (κ1) is 23.5. The Kier molecular flexibility index (Phi) is 8.18. The maximum absolute atomic E-state index is 12.2. The summed E-state index contributed by atoms with van der Waals surface area (Å²) in [5, 5.41) is 13.9. The molecule has 0 heterocycles.